The Labute approximate surface area is 171 Å². The Morgan fingerprint density at radius 3 is 2.73 bits per heavy atom. The Kier molecular flexibility index (Phi) is 3.76. The van der Waals surface area contributed by atoms with Gasteiger partial charge in [0.25, 0.3) is 0 Å². The number of nitrogens with zero attached hydrogens (tertiary/aromatic N) is 5. The molecule has 0 saturated heterocycles. The number of hydrogen-bond donors (Lipinski definition) is 2. The zero-order valence-corrected chi connectivity index (χ0v) is 16.9. The van der Waals surface area contributed by atoms with E-state index in [-0.39, 0.29) is 5.95 Å². The Bertz CT molecular complexity index is 1350. The van der Waals surface area contributed by atoms with Crippen LogP contribution < -0.4 is 10.5 Å². The SMILES string of the molecule is Cc1nc(N)n2cc(-c3ccc(F)c(S(=O)(=O)NC45CCC(C#N)(C4)C5)c3)nc2n1. The molecular weight excluding hydrogens is 409 g/mol. The Morgan fingerprint density at radius 2 is 2.03 bits per heavy atom. The van der Waals surface area contributed by atoms with Crippen LogP contribution in [0.15, 0.2) is 29.3 Å². The van der Waals surface area contributed by atoms with Crippen molar-refractivity contribution in [1.82, 2.24) is 24.1 Å². The van der Waals surface area contributed by atoms with E-state index < -0.39 is 31.7 Å². The Hall–Kier alpha value is -3.10. The number of aryl methyl sites for hydroxylation is 1. The van der Waals surface area contributed by atoms with Gasteiger partial charge >= 0.3 is 0 Å². The van der Waals surface area contributed by atoms with E-state index in [0.29, 0.717) is 48.5 Å². The molecule has 1 aromatic carbocycles. The van der Waals surface area contributed by atoms with Gasteiger partial charge in [-0.15, -0.1) is 0 Å². The van der Waals surface area contributed by atoms with Gasteiger partial charge in [0.15, 0.2) is 0 Å². The first kappa shape index (κ1) is 18.9. The van der Waals surface area contributed by atoms with Gasteiger partial charge in [0.05, 0.1) is 17.2 Å². The highest BCUT2D eigenvalue weighted by atomic mass is 32.2. The fourth-order valence-corrected chi connectivity index (χ4v) is 6.22. The second kappa shape index (κ2) is 5.96. The standard InChI is InChI=1S/C19H18FN7O2S/c1-11-23-16(22)27-7-14(25-17(27)24-11)12-2-3-13(20)15(6-12)30(28,29)26-19-5-4-18(8-19,9-19)10-21/h2-3,6-7,26H,4-5,8-9H2,1H3,(H2,22,23,24,25). The van der Waals surface area contributed by atoms with E-state index in [4.69, 9.17) is 5.73 Å². The summed E-state index contributed by atoms with van der Waals surface area (Å²) in [4.78, 5) is 12.2. The van der Waals surface area contributed by atoms with Crippen LogP contribution in [-0.2, 0) is 10.0 Å². The summed E-state index contributed by atoms with van der Waals surface area (Å²) in [5.41, 5.74) is 5.58. The molecule has 0 aliphatic heterocycles. The molecular formula is C19H18FN7O2S. The molecule has 0 atom stereocenters. The van der Waals surface area contributed by atoms with Crippen LogP contribution in [0.25, 0.3) is 17.0 Å². The minimum absolute atomic E-state index is 0.194. The number of rotatable bonds is 4. The van der Waals surface area contributed by atoms with Crippen LogP contribution in [0.5, 0.6) is 0 Å². The second-order valence-electron chi connectivity index (χ2n) is 8.20. The highest BCUT2D eigenvalue weighted by Crippen LogP contribution is 2.61. The summed E-state index contributed by atoms with van der Waals surface area (Å²) in [6, 6.07) is 6.07. The number of benzene rings is 1. The lowest BCUT2D eigenvalue weighted by Crippen LogP contribution is -2.55. The first-order valence-corrected chi connectivity index (χ1v) is 10.9. The van der Waals surface area contributed by atoms with Crippen LogP contribution >= 0.6 is 0 Å². The average molecular weight is 427 g/mol. The molecule has 30 heavy (non-hydrogen) atoms. The minimum atomic E-state index is -4.13. The molecule has 3 aliphatic carbocycles. The lowest BCUT2D eigenvalue weighted by atomic mass is 9.66. The van der Waals surface area contributed by atoms with E-state index in [9.17, 15) is 18.1 Å². The van der Waals surface area contributed by atoms with E-state index in [2.05, 4.69) is 25.7 Å². The third-order valence-electron chi connectivity index (χ3n) is 6.01. The normalized spacial score (nSPS) is 25.2. The van der Waals surface area contributed by atoms with Gasteiger partial charge in [-0.2, -0.15) is 15.2 Å². The number of fused-ring (bicyclic) bond motifs is 2. The molecule has 2 aromatic heterocycles. The zero-order valence-electron chi connectivity index (χ0n) is 16.1. The average Bonchev–Trinajstić information content (AvgIpc) is 3.32. The largest absolute Gasteiger partial charge is 0.369 e. The lowest BCUT2D eigenvalue weighted by molar-refractivity contribution is 0.161. The Balaban J connectivity index is 1.51. The van der Waals surface area contributed by atoms with Gasteiger partial charge in [0, 0.05) is 17.3 Å². The summed E-state index contributed by atoms with van der Waals surface area (Å²) in [5, 5.41) is 9.28. The number of nitriles is 1. The maximum Gasteiger partial charge on any atom is 0.244 e. The van der Waals surface area contributed by atoms with Crippen LogP contribution in [0, 0.1) is 29.5 Å². The quantitative estimate of drug-likeness (QED) is 0.648. The summed E-state index contributed by atoms with van der Waals surface area (Å²) >= 11 is 0. The van der Waals surface area contributed by atoms with E-state index in [1.54, 1.807) is 13.1 Å². The summed E-state index contributed by atoms with van der Waals surface area (Å²) in [7, 11) is -4.13. The molecule has 11 heteroatoms. The van der Waals surface area contributed by atoms with E-state index >= 15 is 0 Å². The first-order chi connectivity index (χ1) is 14.1. The topological polar surface area (TPSA) is 139 Å². The third-order valence-corrected chi connectivity index (χ3v) is 7.61. The number of nitrogens with one attached hydrogen (secondary N) is 1. The molecule has 3 fully saturated rings. The smallest absolute Gasteiger partial charge is 0.244 e. The van der Waals surface area contributed by atoms with Crippen LogP contribution in [0.3, 0.4) is 0 Å². The van der Waals surface area contributed by atoms with Gasteiger partial charge in [-0.05, 0) is 50.8 Å². The first-order valence-electron chi connectivity index (χ1n) is 9.39. The number of hydrogen-bond acceptors (Lipinski definition) is 7. The molecule has 154 valence electrons. The van der Waals surface area contributed by atoms with Gasteiger partial charge in [-0.1, -0.05) is 0 Å². The molecule has 6 rings (SSSR count). The van der Waals surface area contributed by atoms with Crippen LogP contribution in [0.2, 0.25) is 0 Å². The van der Waals surface area contributed by atoms with Crippen molar-refractivity contribution in [2.24, 2.45) is 5.41 Å². The Morgan fingerprint density at radius 1 is 1.27 bits per heavy atom. The summed E-state index contributed by atoms with van der Waals surface area (Å²) in [6.45, 7) is 1.68. The van der Waals surface area contributed by atoms with Crippen molar-refractivity contribution in [3.8, 4) is 17.3 Å². The fraction of sp³-hybridized carbons (Fsp3) is 0.368. The summed E-state index contributed by atoms with van der Waals surface area (Å²) < 4.78 is 44.6. The number of nitrogen functional groups attached to an aromatic ring is 1. The molecule has 3 saturated carbocycles. The van der Waals surface area contributed by atoms with E-state index in [0.717, 1.165) is 6.07 Å². The van der Waals surface area contributed by atoms with Gasteiger partial charge < -0.3 is 5.73 Å². The predicted octanol–water partition coefficient (Wildman–Crippen LogP) is 1.94. The van der Waals surface area contributed by atoms with Crippen LogP contribution in [-0.4, -0.2) is 33.3 Å². The minimum Gasteiger partial charge on any atom is -0.369 e. The number of halogens is 1. The van der Waals surface area contributed by atoms with E-state index in [1.165, 1.54) is 16.5 Å². The molecule has 3 aliphatic rings. The maximum absolute atomic E-state index is 14.5. The number of anilines is 1. The predicted molar refractivity (Wildman–Crippen MR) is 105 cm³/mol. The maximum atomic E-state index is 14.5. The molecule has 2 heterocycles. The third kappa shape index (κ3) is 2.75. The van der Waals surface area contributed by atoms with Crippen molar-refractivity contribution in [3.63, 3.8) is 0 Å². The van der Waals surface area contributed by atoms with Crippen molar-refractivity contribution >= 4 is 21.7 Å². The molecule has 0 radical (unpaired) electrons. The number of imidazole rings is 1. The highest BCUT2D eigenvalue weighted by molar-refractivity contribution is 7.89. The van der Waals surface area contributed by atoms with Gasteiger partial charge in [0.1, 0.15) is 16.5 Å². The van der Waals surface area contributed by atoms with Crippen molar-refractivity contribution < 1.29 is 12.8 Å². The fourth-order valence-electron chi connectivity index (χ4n) is 4.69. The molecule has 3 aromatic rings. The van der Waals surface area contributed by atoms with Crippen LogP contribution in [0.4, 0.5) is 10.3 Å². The number of aromatic nitrogens is 4. The molecule has 0 unspecified atom stereocenters. The number of nitrogens with two attached hydrogens (primary N) is 1. The van der Waals surface area contributed by atoms with Crippen molar-refractivity contribution in [1.29, 1.82) is 5.26 Å². The summed E-state index contributed by atoms with van der Waals surface area (Å²) in [6.07, 6.45) is 3.72. The molecule has 3 N–H and O–H groups in total. The van der Waals surface area contributed by atoms with Gasteiger partial charge in [-0.25, -0.2) is 22.5 Å². The second-order valence-corrected chi connectivity index (χ2v) is 9.85. The molecule has 9 nitrogen and oxygen atoms in total. The van der Waals surface area contributed by atoms with Crippen molar-refractivity contribution in [2.75, 3.05) is 5.73 Å². The van der Waals surface area contributed by atoms with Crippen LogP contribution in [0.1, 0.15) is 31.5 Å². The van der Waals surface area contributed by atoms with Crippen molar-refractivity contribution in [2.45, 2.75) is 43.0 Å². The summed E-state index contributed by atoms with van der Waals surface area (Å²) in [5.74, 6) is 0.104. The van der Waals surface area contributed by atoms with Gasteiger partial charge in [0.2, 0.25) is 21.7 Å². The highest BCUT2D eigenvalue weighted by Gasteiger charge is 2.62. The monoisotopic (exact) mass is 427 g/mol. The molecule has 0 spiro atoms. The van der Waals surface area contributed by atoms with Crippen molar-refractivity contribution in [3.05, 3.63) is 36.0 Å². The zero-order chi connectivity index (χ0) is 21.3. The number of sulfonamides is 1. The van der Waals surface area contributed by atoms with E-state index in [1.807, 2.05) is 0 Å². The molecule has 0 amide bonds. The molecule has 2 bridgehead atoms. The lowest BCUT2D eigenvalue weighted by Gasteiger charge is -2.43. The van der Waals surface area contributed by atoms with Gasteiger partial charge in [-0.3, -0.25) is 4.40 Å².